The molecule has 1 saturated heterocycles. The minimum atomic E-state index is -0.793. The zero-order valence-electron chi connectivity index (χ0n) is 15.0. The Morgan fingerprint density at radius 1 is 1.30 bits per heavy atom. The molecule has 0 spiro atoms. The molecule has 6 nitrogen and oxygen atoms in total. The second-order valence-corrected chi connectivity index (χ2v) is 7.14. The molecule has 8 heteroatoms. The lowest BCUT2D eigenvalue weighted by Gasteiger charge is -2.36. The number of carbonyl (C=O) groups is 2. The molecule has 1 amide bonds. The van der Waals surface area contributed by atoms with Gasteiger partial charge in [-0.2, -0.15) is 0 Å². The standard InChI is InChI=1S/C19H21FN2O4S/c1-2-26-16(23)11-15-12-27-18(21-15)22-17(24)19(7-9-25-10-8-19)13-3-5-14(20)6-4-13/h3-6,12H,2,7-11H2,1H3,(H,21,22,24). The lowest BCUT2D eigenvalue weighted by molar-refractivity contribution is -0.142. The molecule has 0 bridgehead atoms. The van der Waals surface area contributed by atoms with Gasteiger partial charge in [-0.1, -0.05) is 12.1 Å². The highest BCUT2D eigenvalue weighted by atomic mass is 32.1. The van der Waals surface area contributed by atoms with Gasteiger partial charge in [-0.3, -0.25) is 9.59 Å². The third-order valence-electron chi connectivity index (χ3n) is 4.58. The van der Waals surface area contributed by atoms with Crippen LogP contribution in [-0.2, 0) is 30.9 Å². The maximum Gasteiger partial charge on any atom is 0.311 e. The zero-order valence-corrected chi connectivity index (χ0v) is 15.8. The first-order valence-electron chi connectivity index (χ1n) is 8.79. The molecule has 1 fully saturated rings. The second-order valence-electron chi connectivity index (χ2n) is 6.28. The van der Waals surface area contributed by atoms with E-state index < -0.39 is 5.41 Å². The highest BCUT2D eigenvalue weighted by molar-refractivity contribution is 7.14. The summed E-state index contributed by atoms with van der Waals surface area (Å²) in [7, 11) is 0. The van der Waals surface area contributed by atoms with Crippen molar-refractivity contribution in [1.82, 2.24) is 4.98 Å². The molecule has 1 aliphatic rings. The van der Waals surface area contributed by atoms with Crippen LogP contribution in [0.3, 0.4) is 0 Å². The SMILES string of the molecule is CCOC(=O)Cc1csc(NC(=O)C2(c3ccc(F)cc3)CCOCC2)n1. The molecule has 0 radical (unpaired) electrons. The highest BCUT2D eigenvalue weighted by Gasteiger charge is 2.42. The van der Waals surface area contributed by atoms with Crippen LogP contribution in [0.2, 0.25) is 0 Å². The van der Waals surface area contributed by atoms with Crippen LogP contribution in [0.25, 0.3) is 0 Å². The van der Waals surface area contributed by atoms with Crippen LogP contribution >= 0.6 is 11.3 Å². The number of carbonyl (C=O) groups excluding carboxylic acids is 2. The zero-order chi connectivity index (χ0) is 19.3. The average molecular weight is 392 g/mol. The number of hydrogen-bond donors (Lipinski definition) is 1. The summed E-state index contributed by atoms with van der Waals surface area (Å²) in [4.78, 5) is 29.0. The minimum absolute atomic E-state index is 0.0666. The number of nitrogens with zero attached hydrogens (tertiary/aromatic N) is 1. The molecule has 1 aromatic carbocycles. The van der Waals surface area contributed by atoms with E-state index >= 15 is 0 Å². The van der Waals surface area contributed by atoms with Crippen molar-refractivity contribution < 1.29 is 23.5 Å². The number of anilines is 1. The largest absolute Gasteiger partial charge is 0.466 e. The Kier molecular flexibility index (Phi) is 6.18. The Bertz CT molecular complexity index is 800. The monoisotopic (exact) mass is 392 g/mol. The molecular formula is C19H21FN2O4S. The fraction of sp³-hybridized carbons (Fsp3) is 0.421. The van der Waals surface area contributed by atoms with Gasteiger partial charge in [0.2, 0.25) is 5.91 Å². The van der Waals surface area contributed by atoms with Crippen molar-refractivity contribution in [2.45, 2.75) is 31.6 Å². The molecule has 1 aromatic heterocycles. The summed E-state index contributed by atoms with van der Waals surface area (Å²) in [6.45, 7) is 2.97. The van der Waals surface area contributed by atoms with E-state index in [4.69, 9.17) is 9.47 Å². The first-order chi connectivity index (χ1) is 13.0. The van der Waals surface area contributed by atoms with Crippen LogP contribution in [0.4, 0.5) is 9.52 Å². The van der Waals surface area contributed by atoms with Crippen LogP contribution in [0.5, 0.6) is 0 Å². The van der Waals surface area contributed by atoms with Gasteiger partial charge >= 0.3 is 5.97 Å². The Hall–Kier alpha value is -2.32. The van der Waals surface area contributed by atoms with E-state index in [1.165, 1.54) is 23.5 Å². The highest BCUT2D eigenvalue weighted by Crippen LogP contribution is 2.36. The van der Waals surface area contributed by atoms with Crippen molar-refractivity contribution in [3.05, 3.63) is 46.7 Å². The number of thiazole rings is 1. The number of benzene rings is 1. The molecule has 1 aliphatic heterocycles. The molecule has 0 unspecified atom stereocenters. The molecule has 2 aromatic rings. The number of halogens is 1. The summed E-state index contributed by atoms with van der Waals surface area (Å²) in [6, 6.07) is 6.02. The summed E-state index contributed by atoms with van der Waals surface area (Å²) >= 11 is 1.26. The molecule has 2 heterocycles. The summed E-state index contributed by atoms with van der Waals surface area (Å²) in [5.74, 6) is -0.896. The number of ether oxygens (including phenoxy) is 2. The average Bonchev–Trinajstić information content (AvgIpc) is 3.09. The van der Waals surface area contributed by atoms with Gasteiger partial charge in [-0.15, -0.1) is 11.3 Å². The van der Waals surface area contributed by atoms with E-state index in [9.17, 15) is 14.0 Å². The van der Waals surface area contributed by atoms with Gasteiger partial charge in [0.25, 0.3) is 0 Å². The van der Waals surface area contributed by atoms with Gasteiger partial charge in [0, 0.05) is 18.6 Å². The second kappa shape index (κ2) is 8.58. The van der Waals surface area contributed by atoms with Crippen molar-refractivity contribution in [2.75, 3.05) is 25.1 Å². The Morgan fingerprint density at radius 3 is 2.67 bits per heavy atom. The van der Waals surface area contributed by atoms with Crippen LogP contribution in [0.15, 0.2) is 29.6 Å². The normalized spacial score (nSPS) is 15.9. The van der Waals surface area contributed by atoms with Crippen molar-refractivity contribution >= 4 is 28.3 Å². The third kappa shape index (κ3) is 4.51. The van der Waals surface area contributed by atoms with Crippen molar-refractivity contribution in [2.24, 2.45) is 0 Å². The number of amides is 1. The van der Waals surface area contributed by atoms with E-state index in [2.05, 4.69) is 10.3 Å². The van der Waals surface area contributed by atoms with E-state index in [0.29, 0.717) is 43.5 Å². The fourth-order valence-electron chi connectivity index (χ4n) is 3.16. The van der Waals surface area contributed by atoms with Gasteiger partial charge in [0.1, 0.15) is 5.82 Å². The fourth-order valence-corrected chi connectivity index (χ4v) is 3.86. The van der Waals surface area contributed by atoms with Gasteiger partial charge in [-0.25, -0.2) is 9.37 Å². The Labute approximate surface area is 160 Å². The number of esters is 1. The van der Waals surface area contributed by atoms with E-state index in [1.807, 2.05) is 0 Å². The molecule has 1 N–H and O–H groups in total. The van der Waals surface area contributed by atoms with Crippen molar-refractivity contribution in [3.63, 3.8) is 0 Å². The lowest BCUT2D eigenvalue weighted by Crippen LogP contribution is -2.44. The quantitative estimate of drug-likeness (QED) is 0.765. The van der Waals surface area contributed by atoms with Crippen molar-refractivity contribution in [1.29, 1.82) is 0 Å². The number of hydrogen-bond acceptors (Lipinski definition) is 6. The maximum atomic E-state index is 13.3. The van der Waals surface area contributed by atoms with Gasteiger partial charge in [-0.05, 0) is 37.5 Å². The van der Waals surface area contributed by atoms with E-state index in [0.717, 1.165) is 5.56 Å². The maximum absolute atomic E-state index is 13.3. The summed E-state index contributed by atoms with van der Waals surface area (Å²) in [6.07, 6.45) is 1.08. The smallest absolute Gasteiger partial charge is 0.311 e. The molecule has 3 rings (SSSR count). The number of nitrogens with one attached hydrogen (secondary N) is 1. The Morgan fingerprint density at radius 2 is 2.00 bits per heavy atom. The molecule has 0 saturated carbocycles. The summed E-state index contributed by atoms with van der Waals surface area (Å²) < 4.78 is 23.6. The molecule has 144 valence electrons. The lowest BCUT2D eigenvalue weighted by atomic mass is 9.73. The van der Waals surface area contributed by atoms with Crippen molar-refractivity contribution in [3.8, 4) is 0 Å². The van der Waals surface area contributed by atoms with Crippen LogP contribution < -0.4 is 5.32 Å². The number of aromatic nitrogens is 1. The van der Waals surface area contributed by atoms with Crippen LogP contribution in [0.1, 0.15) is 31.0 Å². The molecular weight excluding hydrogens is 371 g/mol. The predicted octanol–water partition coefficient (Wildman–Crippen LogP) is 3.07. The summed E-state index contributed by atoms with van der Waals surface area (Å²) in [5.41, 5.74) is 0.517. The van der Waals surface area contributed by atoms with Crippen LogP contribution in [0, 0.1) is 5.82 Å². The topological polar surface area (TPSA) is 77.5 Å². The van der Waals surface area contributed by atoms with E-state index in [1.54, 1.807) is 24.4 Å². The van der Waals surface area contributed by atoms with Crippen LogP contribution in [-0.4, -0.2) is 36.7 Å². The van der Waals surface area contributed by atoms with Gasteiger partial charge < -0.3 is 14.8 Å². The first-order valence-corrected chi connectivity index (χ1v) is 9.67. The predicted molar refractivity (Wildman–Crippen MR) is 99.2 cm³/mol. The first kappa shape index (κ1) is 19.4. The summed E-state index contributed by atoms with van der Waals surface area (Å²) in [5, 5.41) is 5.00. The van der Waals surface area contributed by atoms with Gasteiger partial charge in [0.05, 0.1) is 24.1 Å². The van der Waals surface area contributed by atoms with Gasteiger partial charge in [0.15, 0.2) is 5.13 Å². The molecule has 0 aliphatic carbocycles. The third-order valence-corrected chi connectivity index (χ3v) is 5.39. The minimum Gasteiger partial charge on any atom is -0.466 e. The Balaban J connectivity index is 1.76. The van der Waals surface area contributed by atoms with E-state index in [-0.39, 0.29) is 24.1 Å². The number of rotatable bonds is 6. The molecule has 27 heavy (non-hydrogen) atoms. The molecule has 0 atom stereocenters.